The monoisotopic (exact) mass is 407 g/mol. The molecule has 1 aromatic heterocycles. The van der Waals surface area contributed by atoms with E-state index in [1.165, 1.54) is 4.68 Å². The van der Waals surface area contributed by atoms with Crippen molar-refractivity contribution in [2.45, 2.75) is 32.4 Å². The molecule has 29 heavy (non-hydrogen) atoms. The van der Waals surface area contributed by atoms with E-state index in [-0.39, 0.29) is 12.4 Å². The first kappa shape index (κ1) is 22.1. The van der Waals surface area contributed by atoms with Gasteiger partial charge in [-0.3, -0.25) is 4.99 Å². The zero-order valence-electron chi connectivity index (χ0n) is 16.1. The van der Waals surface area contributed by atoms with Crippen molar-refractivity contribution < 1.29 is 13.2 Å². The van der Waals surface area contributed by atoms with Crippen molar-refractivity contribution in [3.05, 3.63) is 41.6 Å². The van der Waals surface area contributed by atoms with Gasteiger partial charge in [0.2, 0.25) is 0 Å². The largest absolute Gasteiger partial charge is 0.390 e. The number of rotatable bonds is 8. The molecular weight excluding hydrogens is 383 g/mol. The van der Waals surface area contributed by atoms with Crippen LogP contribution in [0, 0.1) is 11.3 Å². The molecule has 0 saturated heterocycles. The number of nitrogens with zero attached hydrogens (tertiary/aromatic N) is 4. The van der Waals surface area contributed by atoms with Gasteiger partial charge < -0.3 is 16.4 Å². The molecule has 0 spiro atoms. The number of nitrogens with one attached hydrogen (secondary N) is 2. The van der Waals surface area contributed by atoms with Gasteiger partial charge >= 0.3 is 6.18 Å². The van der Waals surface area contributed by atoms with Crippen LogP contribution in [0.3, 0.4) is 0 Å². The highest BCUT2D eigenvalue weighted by molar-refractivity contribution is 5.79. The van der Waals surface area contributed by atoms with E-state index >= 15 is 0 Å². The maximum Gasteiger partial charge on any atom is 0.390 e. The molecule has 0 unspecified atom stereocenters. The van der Waals surface area contributed by atoms with Crippen LogP contribution in [-0.2, 0) is 6.42 Å². The SMILES string of the molecule is CCNC(=NCCCc1nn(-c2ccccc2)c(N)c1C#N)NCCC(F)(F)F. The highest BCUT2D eigenvalue weighted by Crippen LogP contribution is 2.21. The summed E-state index contributed by atoms with van der Waals surface area (Å²) < 4.78 is 38.3. The average Bonchev–Trinajstić information content (AvgIpc) is 3.00. The number of guanidine groups is 1. The summed E-state index contributed by atoms with van der Waals surface area (Å²) in [4.78, 5) is 4.27. The molecule has 0 radical (unpaired) electrons. The topological polar surface area (TPSA) is 104 Å². The summed E-state index contributed by atoms with van der Waals surface area (Å²) in [5, 5.41) is 19.4. The minimum Gasteiger partial charge on any atom is -0.382 e. The Morgan fingerprint density at radius 3 is 2.62 bits per heavy atom. The van der Waals surface area contributed by atoms with Gasteiger partial charge in [0.15, 0.2) is 5.96 Å². The van der Waals surface area contributed by atoms with Crippen LogP contribution in [0.5, 0.6) is 0 Å². The number of para-hydroxylation sites is 1. The van der Waals surface area contributed by atoms with Gasteiger partial charge in [-0.2, -0.15) is 23.5 Å². The number of aryl methyl sites for hydroxylation is 1. The Bertz CT molecular complexity index is 851. The van der Waals surface area contributed by atoms with Crippen molar-refractivity contribution in [1.29, 1.82) is 5.26 Å². The molecule has 10 heteroatoms. The maximum atomic E-state index is 12.3. The molecule has 0 saturated carbocycles. The smallest absolute Gasteiger partial charge is 0.382 e. The third-order valence-corrected chi connectivity index (χ3v) is 3.99. The first-order chi connectivity index (χ1) is 13.9. The predicted octanol–water partition coefficient (Wildman–Crippen LogP) is 2.77. The third kappa shape index (κ3) is 6.71. The van der Waals surface area contributed by atoms with Gasteiger partial charge in [-0.15, -0.1) is 0 Å². The summed E-state index contributed by atoms with van der Waals surface area (Å²) in [6, 6.07) is 11.4. The Morgan fingerprint density at radius 1 is 1.28 bits per heavy atom. The van der Waals surface area contributed by atoms with Gasteiger partial charge in [0.1, 0.15) is 17.5 Å². The number of alkyl halides is 3. The fourth-order valence-electron chi connectivity index (χ4n) is 2.64. The predicted molar refractivity (Wildman–Crippen MR) is 106 cm³/mol. The van der Waals surface area contributed by atoms with E-state index in [1.54, 1.807) is 0 Å². The number of benzene rings is 1. The molecule has 2 aromatic rings. The van der Waals surface area contributed by atoms with E-state index in [2.05, 4.69) is 26.8 Å². The molecule has 7 nitrogen and oxygen atoms in total. The zero-order chi connectivity index (χ0) is 21.3. The Kier molecular flexibility index (Phi) is 7.88. The first-order valence-electron chi connectivity index (χ1n) is 9.27. The summed E-state index contributed by atoms with van der Waals surface area (Å²) in [6.45, 7) is 2.49. The quantitative estimate of drug-likeness (QED) is 0.355. The van der Waals surface area contributed by atoms with Gasteiger partial charge in [-0.05, 0) is 31.9 Å². The van der Waals surface area contributed by atoms with Crippen LogP contribution >= 0.6 is 0 Å². The van der Waals surface area contributed by atoms with Crippen molar-refractivity contribution in [3.8, 4) is 11.8 Å². The van der Waals surface area contributed by atoms with Crippen molar-refractivity contribution >= 4 is 11.8 Å². The number of hydrogen-bond donors (Lipinski definition) is 3. The number of anilines is 1. The molecule has 0 atom stereocenters. The van der Waals surface area contributed by atoms with Gasteiger partial charge in [0, 0.05) is 19.6 Å². The van der Waals surface area contributed by atoms with E-state index in [1.807, 2.05) is 37.3 Å². The molecule has 0 amide bonds. The minimum absolute atomic E-state index is 0.244. The number of nitriles is 1. The number of nitrogens with two attached hydrogens (primary N) is 1. The second-order valence-corrected chi connectivity index (χ2v) is 6.22. The summed E-state index contributed by atoms with van der Waals surface area (Å²) in [6.07, 6.45) is -4.11. The molecule has 0 aliphatic rings. The number of aromatic nitrogens is 2. The summed E-state index contributed by atoms with van der Waals surface area (Å²) >= 11 is 0. The van der Waals surface area contributed by atoms with Crippen LogP contribution in [0.1, 0.15) is 31.0 Å². The maximum absolute atomic E-state index is 12.3. The van der Waals surface area contributed by atoms with Gasteiger partial charge in [0.25, 0.3) is 0 Å². The van der Waals surface area contributed by atoms with E-state index in [0.717, 1.165) is 5.69 Å². The number of nitrogen functional groups attached to an aromatic ring is 1. The van der Waals surface area contributed by atoms with Crippen LogP contribution in [0.15, 0.2) is 35.3 Å². The molecule has 0 aliphatic carbocycles. The molecule has 0 fully saturated rings. The fourth-order valence-corrected chi connectivity index (χ4v) is 2.64. The third-order valence-electron chi connectivity index (χ3n) is 3.99. The molecule has 156 valence electrons. The molecule has 4 N–H and O–H groups in total. The Balaban J connectivity index is 1.98. The lowest BCUT2D eigenvalue weighted by atomic mass is 10.1. The highest BCUT2D eigenvalue weighted by atomic mass is 19.4. The average molecular weight is 407 g/mol. The van der Waals surface area contributed by atoms with Crippen molar-refractivity contribution in [3.63, 3.8) is 0 Å². The Labute approximate surface area is 167 Å². The molecule has 1 heterocycles. The summed E-state index contributed by atoms with van der Waals surface area (Å²) in [5.74, 6) is 0.603. The van der Waals surface area contributed by atoms with Gasteiger partial charge in [0.05, 0.1) is 17.8 Å². The van der Waals surface area contributed by atoms with Crippen LogP contribution in [0.25, 0.3) is 5.69 Å². The number of hydrogen-bond acceptors (Lipinski definition) is 4. The Hall–Kier alpha value is -3.22. The minimum atomic E-state index is -4.21. The van der Waals surface area contributed by atoms with E-state index in [9.17, 15) is 18.4 Å². The standard InChI is InChI=1S/C19H24F3N7/c1-2-25-18(27-12-10-19(20,21)22)26-11-6-9-16-15(13-23)17(24)29(28-16)14-7-4-3-5-8-14/h3-5,7-8H,2,6,9-12,24H2,1H3,(H2,25,26,27). The fraction of sp³-hybridized carbons (Fsp3) is 0.421. The Morgan fingerprint density at radius 2 is 2.00 bits per heavy atom. The second kappa shape index (κ2) is 10.4. The van der Waals surface area contributed by atoms with Crippen LogP contribution < -0.4 is 16.4 Å². The number of aliphatic imine (C=N–C) groups is 1. The molecule has 2 rings (SSSR count). The normalized spacial score (nSPS) is 11.9. The van der Waals surface area contributed by atoms with E-state index < -0.39 is 12.6 Å². The molecule has 0 bridgehead atoms. The lowest BCUT2D eigenvalue weighted by Crippen LogP contribution is -2.39. The van der Waals surface area contributed by atoms with E-state index in [4.69, 9.17) is 5.73 Å². The second-order valence-electron chi connectivity index (χ2n) is 6.22. The number of halogens is 3. The zero-order valence-corrected chi connectivity index (χ0v) is 16.1. The van der Waals surface area contributed by atoms with Crippen molar-refractivity contribution in [2.24, 2.45) is 4.99 Å². The van der Waals surface area contributed by atoms with Gasteiger partial charge in [-0.25, -0.2) is 4.68 Å². The molecule has 1 aromatic carbocycles. The van der Waals surface area contributed by atoms with Crippen LogP contribution in [-0.4, -0.2) is 41.6 Å². The lowest BCUT2D eigenvalue weighted by molar-refractivity contribution is -0.132. The molecular formula is C19H24F3N7. The molecule has 0 aliphatic heterocycles. The summed E-state index contributed by atoms with van der Waals surface area (Å²) in [5.41, 5.74) is 7.72. The van der Waals surface area contributed by atoms with Crippen molar-refractivity contribution in [1.82, 2.24) is 20.4 Å². The highest BCUT2D eigenvalue weighted by Gasteiger charge is 2.26. The van der Waals surface area contributed by atoms with Crippen molar-refractivity contribution in [2.75, 3.05) is 25.4 Å². The lowest BCUT2D eigenvalue weighted by Gasteiger charge is -2.12. The van der Waals surface area contributed by atoms with E-state index in [0.29, 0.717) is 43.1 Å². The van der Waals surface area contributed by atoms with Crippen LogP contribution in [0.4, 0.5) is 19.0 Å². The van der Waals surface area contributed by atoms with Crippen LogP contribution in [0.2, 0.25) is 0 Å². The van der Waals surface area contributed by atoms with Gasteiger partial charge in [-0.1, -0.05) is 18.2 Å². The first-order valence-corrected chi connectivity index (χ1v) is 9.27. The summed E-state index contributed by atoms with van der Waals surface area (Å²) in [7, 11) is 0.